The monoisotopic (exact) mass is 667 g/mol. The van der Waals surface area contributed by atoms with E-state index in [9.17, 15) is 18.0 Å². The molecule has 0 atom stereocenters. The van der Waals surface area contributed by atoms with Crippen molar-refractivity contribution in [1.82, 2.24) is 9.21 Å². The summed E-state index contributed by atoms with van der Waals surface area (Å²) in [5, 5.41) is 2.53. The first-order valence-electron chi connectivity index (χ1n) is 15.4. The van der Waals surface area contributed by atoms with Gasteiger partial charge in [0.05, 0.1) is 11.5 Å². The number of para-hydroxylation sites is 1. The first-order chi connectivity index (χ1) is 21.9. The van der Waals surface area contributed by atoms with Crippen LogP contribution in [0.15, 0.2) is 69.3 Å². The molecule has 0 saturated carbocycles. The maximum Gasteiger partial charge on any atom is 0.410 e. The Morgan fingerprint density at radius 1 is 1.02 bits per heavy atom. The Kier molecular flexibility index (Phi) is 10.1. The number of rotatable bonds is 10. The minimum absolute atomic E-state index is 0.0710. The summed E-state index contributed by atoms with van der Waals surface area (Å²) in [4.78, 5) is 30.2. The van der Waals surface area contributed by atoms with Crippen molar-refractivity contribution in [2.45, 2.75) is 58.1 Å². The molecule has 1 amide bonds. The largest absolute Gasteiger partial charge is 0.460 e. The Hall–Kier alpha value is -3.87. The molecule has 0 aliphatic carbocycles. The zero-order chi connectivity index (χ0) is 33.1. The van der Waals surface area contributed by atoms with Crippen molar-refractivity contribution >= 4 is 50.1 Å². The Labute approximate surface area is 274 Å². The van der Waals surface area contributed by atoms with E-state index in [1.54, 1.807) is 42.2 Å². The molecule has 1 saturated heterocycles. The summed E-state index contributed by atoms with van der Waals surface area (Å²) in [6, 6.07) is 16.5. The molecule has 46 heavy (non-hydrogen) atoms. The molecule has 0 N–H and O–H groups in total. The summed E-state index contributed by atoms with van der Waals surface area (Å²) in [6.45, 7) is 11.8. The average Bonchev–Trinajstić information content (AvgIpc) is 3.66. The van der Waals surface area contributed by atoms with Crippen molar-refractivity contribution in [2.24, 2.45) is 0 Å². The van der Waals surface area contributed by atoms with Gasteiger partial charge < -0.3 is 23.7 Å². The second-order valence-electron chi connectivity index (χ2n) is 12.2. The van der Waals surface area contributed by atoms with Crippen molar-refractivity contribution in [3.63, 3.8) is 0 Å². The summed E-state index contributed by atoms with van der Waals surface area (Å²) in [5.41, 5.74) is 2.19. The zero-order valence-corrected chi connectivity index (χ0v) is 28.6. The molecule has 2 aromatic heterocycles. The maximum absolute atomic E-state index is 14.3. The Bertz CT molecular complexity index is 1780. The van der Waals surface area contributed by atoms with Crippen LogP contribution >= 0.6 is 11.3 Å². The van der Waals surface area contributed by atoms with Gasteiger partial charge in [0.2, 0.25) is 15.8 Å². The minimum Gasteiger partial charge on any atom is -0.460 e. The molecule has 10 nitrogen and oxygen atoms in total. The van der Waals surface area contributed by atoms with Crippen LogP contribution in [0.1, 0.15) is 54.3 Å². The van der Waals surface area contributed by atoms with E-state index in [1.165, 1.54) is 10.4 Å². The highest BCUT2D eigenvalue weighted by Crippen LogP contribution is 2.31. The molecular formula is C34H41N3O7S2. The van der Waals surface area contributed by atoms with Crippen LogP contribution in [0.4, 0.5) is 10.5 Å². The minimum atomic E-state index is -3.97. The number of ether oxygens (including phenoxy) is 2. The van der Waals surface area contributed by atoms with E-state index in [4.69, 9.17) is 13.9 Å². The van der Waals surface area contributed by atoms with Gasteiger partial charge in [0.25, 0.3) is 0 Å². The van der Waals surface area contributed by atoms with E-state index in [-0.39, 0.29) is 36.4 Å². The number of esters is 1. The number of carbonyl (C=O) groups is 2. The normalized spacial score (nSPS) is 14.2. The maximum atomic E-state index is 14.3. The summed E-state index contributed by atoms with van der Waals surface area (Å²) < 4.78 is 46.6. The van der Waals surface area contributed by atoms with Gasteiger partial charge in [0.1, 0.15) is 11.2 Å². The van der Waals surface area contributed by atoms with Crippen LogP contribution in [0.2, 0.25) is 0 Å². The summed E-state index contributed by atoms with van der Waals surface area (Å²) in [7, 11) is -3.97. The van der Waals surface area contributed by atoms with Crippen LogP contribution in [0, 0.1) is 6.92 Å². The zero-order valence-electron chi connectivity index (χ0n) is 26.9. The number of fused-ring (bicyclic) bond motifs is 1. The molecule has 0 spiro atoms. The van der Waals surface area contributed by atoms with E-state index in [0.29, 0.717) is 49.1 Å². The number of carbonyl (C=O) groups excluding carboxylic acids is 2. The van der Waals surface area contributed by atoms with Crippen molar-refractivity contribution in [3.05, 3.63) is 81.7 Å². The average molecular weight is 668 g/mol. The number of nitrogens with zero attached hydrogens (tertiary/aromatic N) is 3. The highest BCUT2D eigenvalue weighted by Gasteiger charge is 2.30. The Morgan fingerprint density at radius 2 is 1.76 bits per heavy atom. The van der Waals surface area contributed by atoms with Gasteiger partial charge in [-0.1, -0.05) is 24.3 Å². The molecule has 246 valence electrons. The number of thiophene rings is 1. The second-order valence-corrected chi connectivity index (χ2v) is 15.2. The topological polar surface area (TPSA) is 110 Å². The SMILES string of the molecule is CCOC(=O)c1oc2ccc(S(=O)(=O)N(CCc3cccs3)Cc3ccccc3N3CCN(C(=O)OC(C)(C)C)CC3)cc2c1C. The first kappa shape index (κ1) is 33.5. The van der Waals surface area contributed by atoms with Gasteiger partial charge in [0.15, 0.2) is 0 Å². The molecule has 4 aromatic rings. The molecular weight excluding hydrogens is 627 g/mol. The van der Waals surface area contributed by atoms with E-state index in [0.717, 1.165) is 16.1 Å². The number of hydrogen-bond acceptors (Lipinski definition) is 9. The number of sulfonamides is 1. The Morgan fingerprint density at radius 3 is 2.43 bits per heavy atom. The first-order valence-corrected chi connectivity index (χ1v) is 17.7. The van der Waals surface area contributed by atoms with Gasteiger partial charge in [-0.3, -0.25) is 0 Å². The summed E-state index contributed by atoms with van der Waals surface area (Å²) >= 11 is 1.59. The van der Waals surface area contributed by atoms with Gasteiger partial charge in [-0.25, -0.2) is 18.0 Å². The quantitative estimate of drug-likeness (QED) is 0.177. The lowest BCUT2D eigenvalue weighted by Crippen LogP contribution is -2.50. The number of benzene rings is 2. The molecule has 0 radical (unpaired) electrons. The second kappa shape index (κ2) is 13.9. The van der Waals surface area contributed by atoms with Gasteiger partial charge >= 0.3 is 12.1 Å². The van der Waals surface area contributed by atoms with E-state index in [2.05, 4.69) is 4.90 Å². The van der Waals surface area contributed by atoms with Crippen LogP contribution in [0.5, 0.6) is 0 Å². The standard InChI is InChI=1S/C34H41N3O7S2/c1-6-42-32(38)31-24(2)28-22-27(13-14-30(28)43-31)46(40,41)37(16-15-26-11-9-21-45-26)23-25-10-7-8-12-29(25)35-17-19-36(20-18-35)33(39)44-34(3,4)5/h7-14,21-22H,6,15-20,23H2,1-5H3. The molecule has 1 fully saturated rings. The van der Waals surface area contributed by atoms with Gasteiger partial charge in [-0.05, 0) is 82.3 Å². The van der Waals surface area contributed by atoms with Crippen LogP contribution in [0.3, 0.4) is 0 Å². The van der Waals surface area contributed by atoms with Crippen LogP contribution in [-0.2, 0) is 32.5 Å². The molecule has 5 rings (SSSR count). The third-order valence-electron chi connectivity index (χ3n) is 7.80. The van der Waals surface area contributed by atoms with Crippen LogP contribution in [-0.4, -0.2) is 74.6 Å². The molecule has 3 heterocycles. The fraction of sp³-hybridized carbons (Fsp3) is 0.412. The highest BCUT2D eigenvalue weighted by atomic mass is 32.2. The lowest BCUT2D eigenvalue weighted by atomic mass is 10.1. The lowest BCUT2D eigenvalue weighted by molar-refractivity contribution is 0.0240. The molecule has 2 aromatic carbocycles. The van der Waals surface area contributed by atoms with Crippen molar-refractivity contribution in [3.8, 4) is 0 Å². The molecule has 12 heteroatoms. The summed E-state index contributed by atoms with van der Waals surface area (Å²) in [5.74, 6) is -0.511. The van der Waals surface area contributed by atoms with E-state index in [1.807, 2.05) is 62.5 Å². The van der Waals surface area contributed by atoms with Crippen molar-refractivity contribution < 1.29 is 31.9 Å². The van der Waals surface area contributed by atoms with Crippen LogP contribution in [0.25, 0.3) is 11.0 Å². The van der Waals surface area contributed by atoms with E-state index >= 15 is 0 Å². The Balaban J connectivity index is 1.42. The van der Waals surface area contributed by atoms with Gasteiger partial charge in [0, 0.05) is 60.8 Å². The van der Waals surface area contributed by atoms with E-state index < -0.39 is 21.6 Å². The predicted octanol–water partition coefficient (Wildman–Crippen LogP) is 6.47. The smallest absolute Gasteiger partial charge is 0.410 e. The predicted molar refractivity (Wildman–Crippen MR) is 179 cm³/mol. The number of aryl methyl sites for hydroxylation is 1. The third-order valence-corrected chi connectivity index (χ3v) is 10.6. The fourth-order valence-corrected chi connectivity index (χ4v) is 7.62. The number of furan rings is 1. The van der Waals surface area contributed by atoms with Crippen molar-refractivity contribution in [1.29, 1.82) is 0 Å². The summed E-state index contributed by atoms with van der Waals surface area (Å²) in [6.07, 6.45) is 0.235. The van der Waals surface area contributed by atoms with Crippen LogP contribution < -0.4 is 4.90 Å². The highest BCUT2D eigenvalue weighted by molar-refractivity contribution is 7.89. The third kappa shape index (κ3) is 7.56. The lowest BCUT2D eigenvalue weighted by Gasteiger charge is -2.38. The fourth-order valence-electron chi connectivity index (χ4n) is 5.47. The van der Waals surface area contributed by atoms with Crippen molar-refractivity contribution in [2.75, 3.05) is 44.2 Å². The number of piperazine rings is 1. The molecule has 0 bridgehead atoms. The van der Waals surface area contributed by atoms with Gasteiger partial charge in [-0.2, -0.15) is 4.31 Å². The molecule has 1 aliphatic heterocycles. The van der Waals surface area contributed by atoms with Gasteiger partial charge in [-0.15, -0.1) is 11.3 Å². The number of amides is 1. The number of hydrogen-bond donors (Lipinski definition) is 0. The molecule has 1 aliphatic rings. The molecule has 0 unspecified atom stereocenters. The number of anilines is 1.